The molecule has 1 saturated heterocycles. The molecule has 0 amide bonds. The normalized spacial score (nSPS) is 18.5. The van der Waals surface area contributed by atoms with Gasteiger partial charge in [-0.05, 0) is 69.1 Å². The summed E-state index contributed by atoms with van der Waals surface area (Å²) in [5, 5.41) is 3.53. The number of hydrogen-bond acceptors (Lipinski definition) is 8. The van der Waals surface area contributed by atoms with Crippen molar-refractivity contribution >= 4 is 17.3 Å². The van der Waals surface area contributed by atoms with E-state index >= 15 is 0 Å². The van der Waals surface area contributed by atoms with Crippen LogP contribution in [0.2, 0.25) is 0 Å². The molecule has 8 heteroatoms. The van der Waals surface area contributed by atoms with E-state index in [1.54, 1.807) is 18.4 Å². The van der Waals surface area contributed by atoms with E-state index in [1.165, 1.54) is 12.0 Å². The van der Waals surface area contributed by atoms with Crippen LogP contribution in [0.1, 0.15) is 81.0 Å². The number of aromatic nitrogens is 1. The molecule has 1 saturated carbocycles. The maximum absolute atomic E-state index is 12.8. The Morgan fingerprint density at radius 2 is 1.92 bits per heavy atom. The second-order valence-corrected chi connectivity index (χ2v) is 11.2. The highest BCUT2D eigenvalue weighted by molar-refractivity contribution is 7.12. The lowest BCUT2D eigenvalue weighted by atomic mass is 9.77. The molecule has 2 aromatic rings. The van der Waals surface area contributed by atoms with Gasteiger partial charge in [0.15, 0.2) is 5.79 Å². The zero-order valence-electron chi connectivity index (χ0n) is 22.5. The average molecular weight is 517 g/mol. The number of pyridine rings is 1. The van der Waals surface area contributed by atoms with Crippen LogP contribution in [0.25, 0.3) is 0 Å². The topological polar surface area (TPSA) is 78.9 Å². The number of nitrogens with zero attached hydrogens (tertiary/aromatic N) is 1. The molecule has 1 atom stereocenters. The Morgan fingerprint density at radius 1 is 1.22 bits per heavy atom. The van der Waals surface area contributed by atoms with Gasteiger partial charge < -0.3 is 24.3 Å². The third-order valence-electron chi connectivity index (χ3n) is 7.83. The summed E-state index contributed by atoms with van der Waals surface area (Å²) in [6, 6.07) is 2.07. The second kappa shape index (κ2) is 11.6. The van der Waals surface area contributed by atoms with Crippen molar-refractivity contribution in [3.8, 4) is 5.88 Å². The Labute approximate surface area is 218 Å². The first-order chi connectivity index (χ1) is 17.3. The molecule has 2 fully saturated rings. The SMILES string of the molecule is COC(=O)c1c(CCNCc2c(C)cc(C)nc2OC)sc([C@H](C)C2CCC3(CC2)OCCO3)c1C. The van der Waals surface area contributed by atoms with Crippen LogP contribution in [0, 0.1) is 26.7 Å². The summed E-state index contributed by atoms with van der Waals surface area (Å²) >= 11 is 1.77. The zero-order valence-corrected chi connectivity index (χ0v) is 23.3. The number of nitrogens with one attached hydrogen (secondary N) is 1. The maximum atomic E-state index is 12.8. The fourth-order valence-corrected chi connectivity index (χ4v) is 7.22. The van der Waals surface area contributed by atoms with Gasteiger partial charge in [-0.2, -0.15) is 0 Å². The summed E-state index contributed by atoms with van der Waals surface area (Å²) in [4.78, 5) is 19.7. The molecule has 1 spiro atoms. The Balaban J connectivity index is 1.44. The number of rotatable bonds is 9. The van der Waals surface area contributed by atoms with Crippen LogP contribution in [0.15, 0.2) is 6.07 Å². The number of aryl methyl sites for hydroxylation is 2. The molecule has 2 aliphatic rings. The Bertz CT molecular complexity index is 1070. The van der Waals surface area contributed by atoms with E-state index in [0.717, 1.165) is 71.5 Å². The van der Waals surface area contributed by atoms with Gasteiger partial charge in [-0.3, -0.25) is 0 Å². The monoisotopic (exact) mass is 516 g/mol. The molecule has 0 unspecified atom stereocenters. The quantitative estimate of drug-likeness (QED) is 0.361. The summed E-state index contributed by atoms with van der Waals surface area (Å²) in [7, 11) is 3.12. The fourth-order valence-electron chi connectivity index (χ4n) is 5.78. The van der Waals surface area contributed by atoms with Crippen LogP contribution in [-0.4, -0.2) is 50.7 Å². The van der Waals surface area contributed by atoms with E-state index in [-0.39, 0.29) is 11.8 Å². The number of carbonyl (C=O) groups excluding carboxylic acids is 1. The number of carbonyl (C=O) groups is 1. The molecule has 4 rings (SSSR count). The molecule has 1 aliphatic heterocycles. The minimum absolute atomic E-state index is 0.243. The molecule has 7 nitrogen and oxygen atoms in total. The predicted octanol–water partition coefficient (Wildman–Crippen LogP) is 5.23. The van der Waals surface area contributed by atoms with Crippen molar-refractivity contribution in [2.24, 2.45) is 5.92 Å². The molecule has 0 bridgehead atoms. The van der Waals surface area contributed by atoms with Crippen molar-refractivity contribution in [3.63, 3.8) is 0 Å². The number of ether oxygens (including phenoxy) is 4. The van der Waals surface area contributed by atoms with Crippen LogP contribution < -0.4 is 10.1 Å². The van der Waals surface area contributed by atoms with Crippen molar-refractivity contribution < 1.29 is 23.7 Å². The molecule has 1 aliphatic carbocycles. The molecule has 198 valence electrons. The van der Waals surface area contributed by atoms with E-state index < -0.39 is 0 Å². The van der Waals surface area contributed by atoms with Crippen molar-refractivity contribution in [2.45, 2.75) is 78.0 Å². The van der Waals surface area contributed by atoms with Crippen molar-refractivity contribution in [3.05, 3.63) is 43.8 Å². The standard InChI is InChI=1S/C28H40N2O5S/c1-17-15-18(2)30-26(32-5)22(17)16-29-12-9-23-24(27(31)33-6)20(4)25(36-23)19(3)21-7-10-28(11-8-21)34-13-14-35-28/h15,19,21,29H,7-14,16H2,1-6H3/t19-/m1/s1. The van der Waals surface area contributed by atoms with Gasteiger partial charge in [0.05, 0.1) is 33.0 Å². The molecular formula is C28H40N2O5S. The van der Waals surface area contributed by atoms with Gasteiger partial charge in [0.1, 0.15) is 0 Å². The van der Waals surface area contributed by atoms with Gasteiger partial charge >= 0.3 is 5.97 Å². The van der Waals surface area contributed by atoms with E-state index in [0.29, 0.717) is 37.5 Å². The van der Waals surface area contributed by atoms with Crippen molar-refractivity contribution in [2.75, 3.05) is 34.0 Å². The second-order valence-electron chi connectivity index (χ2n) is 10.1. The van der Waals surface area contributed by atoms with Crippen LogP contribution >= 0.6 is 11.3 Å². The summed E-state index contributed by atoms with van der Waals surface area (Å²) in [6.45, 7) is 11.3. The van der Waals surface area contributed by atoms with E-state index in [4.69, 9.17) is 18.9 Å². The first-order valence-electron chi connectivity index (χ1n) is 13.0. The molecule has 3 heterocycles. The van der Waals surface area contributed by atoms with Crippen molar-refractivity contribution in [1.82, 2.24) is 10.3 Å². The van der Waals surface area contributed by atoms with E-state index in [2.05, 4.69) is 37.1 Å². The molecule has 36 heavy (non-hydrogen) atoms. The summed E-state index contributed by atoms with van der Waals surface area (Å²) < 4.78 is 22.5. The van der Waals surface area contributed by atoms with E-state index in [9.17, 15) is 4.79 Å². The van der Waals surface area contributed by atoms with E-state index in [1.807, 2.05) is 6.92 Å². The number of thiophene rings is 1. The molecule has 0 radical (unpaired) electrons. The number of esters is 1. The lowest BCUT2D eigenvalue weighted by Gasteiger charge is -2.37. The summed E-state index contributed by atoms with van der Waals surface area (Å²) in [6.07, 6.45) is 4.82. The van der Waals surface area contributed by atoms with Crippen LogP contribution in [0.3, 0.4) is 0 Å². The Kier molecular flexibility index (Phi) is 8.71. The Morgan fingerprint density at radius 3 is 2.56 bits per heavy atom. The van der Waals surface area contributed by atoms with Crippen LogP contribution in [0.4, 0.5) is 0 Å². The lowest BCUT2D eigenvalue weighted by molar-refractivity contribution is -0.183. The molecule has 0 aromatic carbocycles. The average Bonchev–Trinajstić information content (AvgIpc) is 3.46. The van der Waals surface area contributed by atoms with Crippen molar-refractivity contribution in [1.29, 1.82) is 0 Å². The van der Waals surface area contributed by atoms with Gasteiger partial charge in [-0.1, -0.05) is 6.92 Å². The molecular weight excluding hydrogens is 476 g/mol. The summed E-state index contributed by atoms with van der Waals surface area (Å²) in [5.41, 5.74) is 4.99. The van der Waals surface area contributed by atoms with Gasteiger partial charge in [-0.25, -0.2) is 9.78 Å². The fraction of sp³-hybridized carbons (Fsp3) is 0.643. The first kappa shape index (κ1) is 27.0. The molecule has 2 aromatic heterocycles. The van der Waals surface area contributed by atoms with Gasteiger partial charge in [0, 0.05) is 46.9 Å². The minimum atomic E-state index is -0.345. The largest absolute Gasteiger partial charge is 0.481 e. The first-order valence-corrected chi connectivity index (χ1v) is 13.8. The Hall–Kier alpha value is -2.00. The zero-order chi connectivity index (χ0) is 25.9. The lowest BCUT2D eigenvalue weighted by Crippen LogP contribution is -2.36. The number of methoxy groups -OCH3 is 2. The van der Waals surface area contributed by atoms with Gasteiger partial charge in [-0.15, -0.1) is 11.3 Å². The highest BCUT2D eigenvalue weighted by Crippen LogP contribution is 2.46. The summed E-state index contributed by atoms with van der Waals surface area (Å²) in [5.74, 6) is 1.02. The third-order valence-corrected chi connectivity index (χ3v) is 9.39. The minimum Gasteiger partial charge on any atom is -0.481 e. The van der Waals surface area contributed by atoms with Gasteiger partial charge in [0.2, 0.25) is 5.88 Å². The smallest absolute Gasteiger partial charge is 0.339 e. The maximum Gasteiger partial charge on any atom is 0.339 e. The highest BCUT2D eigenvalue weighted by atomic mass is 32.1. The molecule has 1 N–H and O–H groups in total. The van der Waals surface area contributed by atoms with Gasteiger partial charge in [0.25, 0.3) is 0 Å². The highest BCUT2D eigenvalue weighted by Gasteiger charge is 2.42. The van der Waals surface area contributed by atoms with Crippen LogP contribution in [-0.2, 0) is 27.2 Å². The predicted molar refractivity (Wildman–Crippen MR) is 141 cm³/mol. The third kappa shape index (κ3) is 5.62. The van der Waals surface area contributed by atoms with Crippen LogP contribution in [0.5, 0.6) is 5.88 Å². The number of hydrogen-bond donors (Lipinski definition) is 1.